The van der Waals surface area contributed by atoms with Crippen LogP contribution < -0.4 is 5.32 Å². The summed E-state index contributed by atoms with van der Waals surface area (Å²) in [5.41, 5.74) is 2.01. The van der Waals surface area contributed by atoms with Crippen LogP contribution in [0.5, 0.6) is 0 Å². The molecular formula is C14H19NO2. The standard InChI is InChI=1S/C12H13NO2.C2H6/c1-2-13-12-5-3-10(4-6-12)7-11(8-14)9-15;1-2/h3-9,13H,2H2,1H3;1-2H3. The number of nitrogens with one attached hydrogen (secondary N) is 1. The minimum atomic E-state index is 0.145. The zero-order valence-corrected chi connectivity index (χ0v) is 10.6. The van der Waals surface area contributed by atoms with Crippen LogP contribution in [0.2, 0.25) is 0 Å². The molecule has 0 fully saturated rings. The molecule has 0 amide bonds. The van der Waals surface area contributed by atoms with Gasteiger partial charge in [0.05, 0.1) is 5.57 Å². The summed E-state index contributed by atoms with van der Waals surface area (Å²) in [4.78, 5) is 20.8. The molecule has 3 nitrogen and oxygen atoms in total. The summed E-state index contributed by atoms with van der Waals surface area (Å²) < 4.78 is 0. The van der Waals surface area contributed by atoms with E-state index in [0.29, 0.717) is 12.6 Å². The van der Waals surface area contributed by atoms with Crippen LogP contribution >= 0.6 is 0 Å². The van der Waals surface area contributed by atoms with Crippen molar-refractivity contribution in [2.24, 2.45) is 0 Å². The van der Waals surface area contributed by atoms with Crippen molar-refractivity contribution in [3.63, 3.8) is 0 Å². The number of anilines is 1. The van der Waals surface area contributed by atoms with Crippen molar-refractivity contribution in [3.8, 4) is 0 Å². The van der Waals surface area contributed by atoms with E-state index >= 15 is 0 Å². The largest absolute Gasteiger partial charge is 0.385 e. The van der Waals surface area contributed by atoms with Gasteiger partial charge in [-0.3, -0.25) is 9.59 Å². The zero-order chi connectivity index (χ0) is 13.1. The van der Waals surface area contributed by atoms with Gasteiger partial charge in [0.2, 0.25) is 0 Å². The number of hydrogen-bond acceptors (Lipinski definition) is 3. The molecule has 1 N–H and O–H groups in total. The van der Waals surface area contributed by atoms with Crippen LogP contribution in [0.15, 0.2) is 29.8 Å². The molecule has 1 aromatic carbocycles. The van der Waals surface area contributed by atoms with E-state index < -0.39 is 0 Å². The third kappa shape index (κ3) is 5.66. The smallest absolute Gasteiger partial charge is 0.153 e. The van der Waals surface area contributed by atoms with Crippen LogP contribution in [0.1, 0.15) is 26.3 Å². The van der Waals surface area contributed by atoms with E-state index in [9.17, 15) is 9.59 Å². The fourth-order valence-electron chi connectivity index (χ4n) is 1.19. The van der Waals surface area contributed by atoms with Crippen molar-refractivity contribution in [2.75, 3.05) is 11.9 Å². The number of rotatable bonds is 5. The van der Waals surface area contributed by atoms with E-state index in [2.05, 4.69) is 5.32 Å². The summed E-state index contributed by atoms with van der Waals surface area (Å²) in [5.74, 6) is 0. The molecule has 0 spiro atoms. The molecule has 0 unspecified atom stereocenters. The van der Waals surface area contributed by atoms with E-state index in [1.165, 1.54) is 0 Å². The second-order valence-corrected chi connectivity index (χ2v) is 3.03. The first-order valence-electron chi connectivity index (χ1n) is 5.76. The van der Waals surface area contributed by atoms with Crippen molar-refractivity contribution in [2.45, 2.75) is 20.8 Å². The van der Waals surface area contributed by atoms with Gasteiger partial charge in [0.1, 0.15) is 0 Å². The Morgan fingerprint density at radius 1 is 1.12 bits per heavy atom. The Bertz CT molecular complexity index is 356. The lowest BCUT2D eigenvalue weighted by Gasteiger charge is -2.02. The van der Waals surface area contributed by atoms with E-state index in [1.54, 1.807) is 6.08 Å². The molecule has 0 atom stereocenters. The first-order chi connectivity index (χ1) is 8.30. The summed E-state index contributed by atoms with van der Waals surface area (Å²) in [7, 11) is 0. The molecule has 3 heteroatoms. The van der Waals surface area contributed by atoms with E-state index in [0.717, 1.165) is 17.8 Å². The highest BCUT2D eigenvalue weighted by Gasteiger charge is 1.94. The van der Waals surface area contributed by atoms with Gasteiger partial charge in [-0.15, -0.1) is 0 Å². The maximum atomic E-state index is 10.4. The SMILES string of the molecule is CC.CCNc1ccc(C=C(C=O)C=O)cc1. The quantitative estimate of drug-likeness (QED) is 0.368. The van der Waals surface area contributed by atoms with E-state index in [-0.39, 0.29) is 5.57 Å². The summed E-state index contributed by atoms with van der Waals surface area (Å²) in [6.45, 7) is 6.88. The lowest BCUT2D eigenvalue weighted by atomic mass is 10.1. The highest BCUT2D eigenvalue weighted by atomic mass is 16.1. The van der Waals surface area contributed by atoms with Crippen molar-refractivity contribution >= 4 is 24.3 Å². The Morgan fingerprint density at radius 2 is 1.65 bits per heavy atom. The van der Waals surface area contributed by atoms with Gasteiger partial charge >= 0.3 is 0 Å². The lowest BCUT2D eigenvalue weighted by Crippen LogP contribution is -1.95. The monoisotopic (exact) mass is 233 g/mol. The normalized spacial score (nSPS) is 8.41. The van der Waals surface area contributed by atoms with Crippen LogP contribution in [0, 0.1) is 0 Å². The summed E-state index contributed by atoms with van der Waals surface area (Å²) in [5, 5.41) is 3.16. The fourth-order valence-corrected chi connectivity index (χ4v) is 1.19. The fraction of sp³-hybridized carbons (Fsp3) is 0.286. The molecule has 0 saturated carbocycles. The Kier molecular flexibility index (Phi) is 8.29. The first kappa shape index (κ1) is 15.1. The van der Waals surface area contributed by atoms with Crippen LogP contribution in [0.4, 0.5) is 5.69 Å². The van der Waals surface area contributed by atoms with Gasteiger partial charge < -0.3 is 5.32 Å². The van der Waals surface area contributed by atoms with Crippen LogP contribution in [-0.2, 0) is 9.59 Å². The molecule has 1 aromatic rings. The van der Waals surface area contributed by atoms with Crippen LogP contribution in [0.25, 0.3) is 6.08 Å². The Morgan fingerprint density at radius 3 is 2.06 bits per heavy atom. The van der Waals surface area contributed by atoms with Gasteiger partial charge in [-0.05, 0) is 30.7 Å². The number of carbonyl (C=O) groups is 2. The van der Waals surface area contributed by atoms with Crippen molar-refractivity contribution in [3.05, 3.63) is 35.4 Å². The zero-order valence-electron chi connectivity index (χ0n) is 10.6. The van der Waals surface area contributed by atoms with Crippen molar-refractivity contribution in [1.82, 2.24) is 0 Å². The average Bonchev–Trinajstić information content (AvgIpc) is 2.40. The maximum absolute atomic E-state index is 10.4. The predicted octanol–water partition coefficient (Wildman–Crippen LogP) is 2.93. The topological polar surface area (TPSA) is 46.2 Å². The highest BCUT2D eigenvalue weighted by Crippen LogP contribution is 2.11. The van der Waals surface area contributed by atoms with Crippen molar-refractivity contribution < 1.29 is 9.59 Å². The number of hydrogen-bond donors (Lipinski definition) is 1. The Labute approximate surface area is 103 Å². The van der Waals surface area contributed by atoms with Gasteiger partial charge in [0.15, 0.2) is 12.6 Å². The molecule has 0 aromatic heterocycles. The Balaban J connectivity index is 0.00000121. The second-order valence-electron chi connectivity index (χ2n) is 3.03. The van der Waals surface area contributed by atoms with Gasteiger partial charge in [-0.2, -0.15) is 0 Å². The number of allylic oxidation sites excluding steroid dienone is 1. The minimum Gasteiger partial charge on any atom is -0.385 e. The number of aldehydes is 2. The highest BCUT2D eigenvalue weighted by molar-refractivity contribution is 6.04. The van der Waals surface area contributed by atoms with Gasteiger partial charge in [-0.25, -0.2) is 0 Å². The molecule has 0 radical (unpaired) electrons. The van der Waals surface area contributed by atoms with Gasteiger partial charge in [0, 0.05) is 12.2 Å². The molecule has 0 aliphatic rings. The molecule has 0 saturated heterocycles. The molecular weight excluding hydrogens is 214 g/mol. The summed E-state index contributed by atoms with van der Waals surface area (Å²) >= 11 is 0. The summed E-state index contributed by atoms with van der Waals surface area (Å²) in [6.07, 6.45) is 2.64. The number of benzene rings is 1. The van der Waals surface area contributed by atoms with Crippen molar-refractivity contribution in [1.29, 1.82) is 0 Å². The third-order valence-corrected chi connectivity index (χ3v) is 1.90. The molecule has 17 heavy (non-hydrogen) atoms. The van der Waals surface area contributed by atoms with Crippen LogP contribution in [0.3, 0.4) is 0 Å². The minimum absolute atomic E-state index is 0.145. The molecule has 0 heterocycles. The second kappa shape index (κ2) is 9.33. The molecule has 0 bridgehead atoms. The predicted molar refractivity (Wildman–Crippen MR) is 72.1 cm³/mol. The third-order valence-electron chi connectivity index (χ3n) is 1.90. The van der Waals surface area contributed by atoms with E-state index in [4.69, 9.17) is 0 Å². The lowest BCUT2D eigenvalue weighted by molar-refractivity contribution is -0.109. The molecule has 0 aliphatic carbocycles. The van der Waals surface area contributed by atoms with E-state index in [1.807, 2.05) is 45.0 Å². The molecule has 1 rings (SSSR count). The molecule has 0 aliphatic heterocycles. The van der Waals surface area contributed by atoms with Crippen LogP contribution in [-0.4, -0.2) is 19.1 Å². The number of carbonyl (C=O) groups excluding carboxylic acids is 2. The average molecular weight is 233 g/mol. The van der Waals surface area contributed by atoms with Gasteiger partial charge in [0.25, 0.3) is 0 Å². The Hall–Kier alpha value is -1.90. The van der Waals surface area contributed by atoms with Gasteiger partial charge in [-0.1, -0.05) is 26.0 Å². The summed E-state index contributed by atoms with van der Waals surface area (Å²) in [6, 6.07) is 7.51. The maximum Gasteiger partial charge on any atom is 0.153 e. The first-order valence-corrected chi connectivity index (χ1v) is 5.76. The molecule has 92 valence electrons.